The number of esters is 1. The van der Waals surface area contributed by atoms with Crippen molar-refractivity contribution >= 4 is 12.0 Å². The average Bonchev–Trinajstić information content (AvgIpc) is 3.05. The van der Waals surface area contributed by atoms with Crippen LogP contribution in [0.25, 0.3) is 6.08 Å². The highest BCUT2D eigenvalue weighted by Crippen LogP contribution is 2.32. The molecule has 0 saturated carbocycles. The van der Waals surface area contributed by atoms with Gasteiger partial charge in [-0.2, -0.15) is 0 Å². The summed E-state index contributed by atoms with van der Waals surface area (Å²) in [6.07, 6.45) is 6.55. The molecule has 1 N–H and O–H groups in total. The molecule has 0 spiro atoms. The zero-order valence-electron chi connectivity index (χ0n) is 15.8. The Hall–Kier alpha value is -2.39. The molecule has 0 heterocycles. The first-order chi connectivity index (χ1) is 12.6. The zero-order chi connectivity index (χ0) is 18.5. The van der Waals surface area contributed by atoms with Crippen LogP contribution in [0, 0.1) is 13.8 Å². The largest absolute Gasteiger partial charge is 0.466 e. The summed E-state index contributed by atoms with van der Waals surface area (Å²) in [5.41, 5.74) is 7.93. The summed E-state index contributed by atoms with van der Waals surface area (Å²) in [5.74, 6) is -0.323. The summed E-state index contributed by atoms with van der Waals surface area (Å²) in [6, 6.07) is 13.5. The van der Waals surface area contributed by atoms with Crippen molar-refractivity contribution in [1.82, 2.24) is 5.32 Å². The number of carbonyl (C=O) groups is 1. The fourth-order valence-corrected chi connectivity index (χ4v) is 3.64. The summed E-state index contributed by atoms with van der Waals surface area (Å²) in [7, 11) is 1.39. The van der Waals surface area contributed by atoms with Crippen LogP contribution < -0.4 is 5.32 Å². The van der Waals surface area contributed by atoms with Gasteiger partial charge in [-0.15, -0.1) is 0 Å². The molecular weight excluding hydrogens is 322 g/mol. The monoisotopic (exact) mass is 349 g/mol. The second-order valence-electron chi connectivity index (χ2n) is 7.04. The van der Waals surface area contributed by atoms with E-state index in [0.29, 0.717) is 6.04 Å². The molecule has 0 radical (unpaired) electrons. The third-order valence-electron chi connectivity index (χ3n) is 5.15. The first-order valence-corrected chi connectivity index (χ1v) is 9.25. The molecule has 0 saturated heterocycles. The van der Waals surface area contributed by atoms with Gasteiger partial charge in [0.15, 0.2) is 0 Å². The average molecular weight is 349 g/mol. The van der Waals surface area contributed by atoms with E-state index in [9.17, 15) is 4.79 Å². The van der Waals surface area contributed by atoms with Gasteiger partial charge < -0.3 is 10.1 Å². The van der Waals surface area contributed by atoms with E-state index in [1.807, 2.05) is 6.08 Å². The molecule has 0 bridgehead atoms. The van der Waals surface area contributed by atoms with Gasteiger partial charge in [0.1, 0.15) is 0 Å². The zero-order valence-corrected chi connectivity index (χ0v) is 15.8. The summed E-state index contributed by atoms with van der Waals surface area (Å²) < 4.78 is 4.64. The Morgan fingerprint density at radius 1 is 1.23 bits per heavy atom. The van der Waals surface area contributed by atoms with Crippen LogP contribution >= 0.6 is 0 Å². The van der Waals surface area contributed by atoms with Crippen molar-refractivity contribution in [3.8, 4) is 0 Å². The van der Waals surface area contributed by atoms with Gasteiger partial charge in [-0.05, 0) is 73.5 Å². The molecule has 0 aromatic heterocycles. The van der Waals surface area contributed by atoms with E-state index in [0.717, 1.165) is 31.4 Å². The lowest BCUT2D eigenvalue weighted by atomic mass is 10.0. The number of fused-ring (bicyclic) bond motifs is 1. The third-order valence-corrected chi connectivity index (χ3v) is 5.15. The van der Waals surface area contributed by atoms with Crippen molar-refractivity contribution in [2.75, 3.05) is 13.7 Å². The van der Waals surface area contributed by atoms with Crippen LogP contribution in [0.3, 0.4) is 0 Å². The molecule has 136 valence electrons. The highest BCUT2D eigenvalue weighted by atomic mass is 16.5. The van der Waals surface area contributed by atoms with Crippen LogP contribution in [-0.2, 0) is 22.4 Å². The number of ether oxygens (including phenoxy) is 1. The molecule has 3 nitrogen and oxygen atoms in total. The minimum Gasteiger partial charge on any atom is -0.466 e. The lowest BCUT2D eigenvalue weighted by molar-refractivity contribution is -0.134. The van der Waals surface area contributed by atoms with Crippen LogP contribution in [0.1, 0.15) is 45.8 Å². The van der Waals surface area contributed by atoms with Crippen molar-refractivity contribution < 1.29 is 9.53 Å². The lowest BCUT2D eigenvalue weighted by Crippen LogP contribution is -2.22. The molecule has 2 aromatic rings. The number of methoxy groups -OCH3 is 1. The topological polar surface area (TPSA) is 38.3 Å². The molecule has 0 aliphatic heterocycles. The van der Waals surface area contributed by atoms with E-state index in [2.05, 4.69) is 60.3 Å². The van der Waals surface area contributed by atoms with Gasteiger partial charge in [0.2, 0.25) is 0 Å². The van der Waals surface area contributed by atoms with Gasteiger partial charge in [0.05, 0.1) is 7.11 Å². The number of nitrogens with one attached hydrogen (secondary N) is 1. The lowest BCUT2D eigenvalue weighted by Gasteiger charge is -2.15. The number of benzene rings is 2. The van der Waals surface area contributed by atoms with E-state index < -0.39 is 0 Å². The molecule has 1 aliphatic rings. The Morgan fingerprint density at radius 2 is 2.08 bits per heavy atom. The van der Waals surface area contributed by atoms with Gasteiger partial charge in [-0.1, -0.05) is 42.0 Å². The Morgan fingerprint density at radius 3 is 2.88 bits per heavy atom. The number of carbonyl (C=O) groups excluding carboxylic acids is 1. The normalized spacial score (nSPS) is 16.0. The van der Waals surface area contributed by atoms with Crippen LogP contribution in [0.4, 0.5) is 0 Å². The van der Waals surface area contributed by atoms with Gasteiger partial charge in [0.25, 0.3) is 0 Å². The summed E-state index contributed by atoms with van der Waals surface area (Å²) in [4.78, 5) is 11.2. The SMILES string of the molecule is COC(=O)/C=C/c1ccc2c(c1)CCC2NCCc1cc(C)ccc1C. The standard InChI is InChI=1S/C23H27NO2/c1-16-4-5-17(2)19(14-16)12-13-24-22-10-8-20-15-18(6-9-21(20)22)7-11-23(25)26-3/h4-7,9,11,14-15,22,24H,8,10,12-13H2,1-3H3/b11-7+. The number of aryl methyl sites for hydroxylation is 3. The van der Waals surface area contributed by atoms with Crippen molar-refractivity contribution in [3.05, 3.63) is 75.9 Å². The molecule has 1 unspecified atom stereocenters. The Balaban J connectivity index is 1.60. The predicted octanol–water partition coefficient (Wildman–Crippen LogP) is 4.31. The maximum Gasteiger partial charge on any atom is 0.330 e. The quantitative estimate of drug-likeness (QED) is 0.624. The van der Waals surface area contributed by atoms with E-state index in [-0.39, 0.29) is 5.97 Å². The molecule has 26 heavy (non-hydrogen) atoms. The molecule has 1 aliphatic carbocycles. The molecule has 2 aromatic carbocycles. The molecule has 0 amide bonds. The molecule has 1 atom stereocenters. The van der Waals surface area contributed by atoms with Gasteiger partial charge in [0, 0.05) is 12.1 Å². The second kappa shape index (κ2) is 8.33. The smallest absolute Gasteiger partial charge is 0.330 e. The van der Waals surface area contributed by atoms with E-state index in [4.69, 9.17) is 0 Å². The van der Waals surface area contributed by atoms with Gasteiger partial charge in [-0.3, -0.25) is 0 Å². The van der Waals surface area contributed by atoms with Gasteiger partial charge in [-0.25, -0.2) is 4.79 Å². The number of hydrogen-bond donors (Lipinski definition) is 1. The molecule has 3 rings (SSSR count). The van der Waals surface area contributed by atoms with Crippen molar-refractivity contribution in [2.24, 2.45) is 0 Å². The molecule has 0 fully saturated rings. The van der Waals surface area contributed by atoms with Crippen molar-refractivity contribution in [2.45, 2.75) is 39.2 Å². The van der Waals surface area contributed by atoms with Crippen molar-refractivity contribution in [1.29, 1.82) is 0 Å². The summed E-state index contributed by atoms with van der Waals surface area (Å²) in [6.45, 7) is 5.32. The van der Waals surface area contributed by atoms with Gasteiger partial charge >= 0.3 is 5.97 Å². The first kappa shape index (κ1) is 18.4. The fourth-order valence-electron chi connectivity index (χ4n) is 3.64. The Kier molecular flexibility index (Phi) is 5.89. The van der Waals surface area contributed by atoms with E-state index >= 15 is 0 Å². The summed E-state index contributed by atoms with van der Waals surface area (Å²) in [5, 5.41) is 3.72. The van der Waals surface area contributed by atoms with Crippen molar-refractivity contribution in [3.63, 3.8) is 0 Å². The highest BCUT2D eigenvalue weighted by molar-refractivity contribution is 5.86. The van der Waals surface area contributed by atoms with Crippen LogP contribution in [0.2, 0.25) is 0 Å². The molecule has 3 heteroatoms. The fraction of sp³-hybridized carbons (Fsp3) is 0.348. The Labute approximate surface area is 156 Å². The highest BCUT2D eigenvalue weighted by Gasteiger charge is 2.21. The van der Waals surface area contributed by atoms with Crippen LogP contribution in [0.5, 0.6) is 0 Å². The maximum absolute atomic E-state index is 11.2. The van der Waals surface area contributed by atoms with E-state index in [1.165, 1.54) is 41.0 Å². The molecular formula is C23H27NO2. The summed E-state index contributed by atoms with van der Waals surface area (Å²) >= 11 is 0. The minimum atomic E-state index is -0.323. The predicted molar refractivity (Wildman–Crippen MR) is 106 cm³/mol. The van der Waals surface area contributed by atoms with Crippen LogP contribution in [-0.4, -0.2) is 19.6 Å². The third kappa shape index (κ3) is 4.41. The first-order valence-electron chi connectivity index (χ1n) is 9.25. The minimum absolute atomic E-state index is 0.323. The number of hydrogen-bond acceptors (Lipinski definition) is 3. The van der Waals surface area contributed by atoms with E-state index in [1.54, 1.807) is 0 Å². The Bertz CT molecular complexity index is 823. The maximum atomic E-state index is 11.2. The van der Waals surface area contributed by atoms with Crippen LogP contribution in [0.15, 0.2) is 42.5 Å². The second-order valence-corrected chi connectivity index (χ2v) is 7.04. The number of rotatable bonds is 6.